The molecule has 0 atom stereocenters. The maximum absolute atomic E-state index is 10.6. The molecule has 3 nitrogen and oxygen atoms in total. The Kier molecular flexibility index (Phi) is 3.54. The lowest BCUT2D eigenvalue weighted by Crippen LogP contribution is -2.01. The minimum atomic E-state index is -1.02. The number of rotatable bonds is 3. The maximum atomic E-state index is 10.6. The van der Waals surface area contributed by atoms with Gasteiger partial charge in [0.1, 0.15) is 0 Å². The predicted molar refractivity (Wildman–Crippen MR) is 57.6 cm³/mol. The van der Waals surface area contributed by atoms with Crippen molar-refractivity contribution in [3.63, 3.8) is 0 Å². The zero-order valence-electron chi connectivity index (χ0n) is 7.40. The number of carboxylic acid groups (broad SMARTS) is 1. The van der Waals surface area contributed by atoms with Gasteiger partial charge in [-0.3, -0.25) is 0 Å². The molecule has 0 aliphatic carbocycles. The summed E-state index contributed by atoms with van der Waals surface area (Å²) in [6, 6.07) is 4.76. The summed E-state index contributed by atoms with van der Waals surface area (Å²) >= 11 is 5.46. The van der Waals surface area contributed by atoms with Crippen LogP contribution in [0.1, 0.15) is 15.9 Å². The van der Waals surface area contributed by atoms with Gasteiger partial charge < -0.3 is 10.8 Å². The number of carboxylic acids is 1. The molecule has 3 N–H and O–H groups in total. The van der Waals surface area contributed by atoms with E-state index in [0.717, 1.165) is 5.56 Å². The van der Waals surface area contributed by atoms with Crippen molar-refractivity contribution in [2.24, 2.45) is 0 Å². The third-order valence-corrected chi connectivity index (χ3v) is 1.88. The van der Waals surface area contributed by atoms with E-state index in [1.165, 1.54) is 6.07 Å². The fourth-order valence-corrected chi connectivity index (χ4v) is 1.15. The van der Waals surface area contributed by atoms with Crippen LogP contribution in [0, 0.1) is 0 Å². The molecule has 0 fully saturated rings. The van der Waals surface area contributed by atoms with E-state index in [1.807, 2.05) is 0 Å². The summed E-state index contributed by atoms with van der Waals surface area (Å²) < 4.78 is 0. The van der Waals surface area contributed by atoms with Crippen LogP contribution in [0.2, 0.25) is 0 Å². The molecule has 1 rings (SSSR count). The summed E-state index contributed by atoms with van der Waals surface area (Å²) in [4.78, 5) is 10.6. The first kappa shape index (κ1) is 10.6. The molecule has 4 heteroatoms. The highest BCUT2D eigenvalue weighted by Gasteiger charge is 2.06. The Labute approximate surface area is 86.8 Å². The van der Waals surface area contributed by atoms with Crippen molar-refractivity contribution in [1.29, 1.82) is 0 Å². The van der Waals surface area contributed by atoms with Gasteiger partial charge in [-0.1, -0.05) is 18.2 Å². The minimum Gasteiger partial charge on any atom is -0.478 e. The summed E-state index contributed by atoms with van der Waals surface area (Å²) in [5, 5.41) is 8.71. The van der Waals surface area contributed by atoms with Crippen LogP contribution in [0.15, 0.2) is 24.3 Å². The molecule has 1 aromatic carbocycles. The second-order valence-corrected chi connectivity index (χ2v) is 3.02. The van der Waals surface area contributed by atoms with E-state index in [-0.39, 0.29) is 11.3 Å². The molecule has 0 amide bonds. The lowest BCUT2D eigenvalue weighted by molar-refractivity contribution is 0.0698. The number of hydrogen-bond acceptors (Lipinski definition) is 2. The Morgan fingerprint density at radius 3 is 2.79 bits per heavy atom. The maximum Gasteiger partial charge on any atom is 0.337 e. The lowest BCUT2D eigenvalue weighted by Gasteiger charge is -2.01. The van der Waals surface area contributed by atoms with Crippen LogP contribution in [0.3, 0.4) is 0 Å². The molecule has 0 unspecified atom stereocenters. The topological polar surface area (TPSA) is 63.3 Å². The predicted octanol–water partition coefficient (Wildman–Crippen LogP) is 2.22. The van der Waals surface area contributed by atoms with Crippen molar-refractivity contribution < 1.29 is 9.90 Å². The summed E-state index contributed by atoms with van der Waals surface area (Å²) in [7, 11) is 0. The van der Waals surface area contributed by atoms with E-state index < -0.39 is 5.97 Å². The Bertz CT molecular complexity index is 374. The summed E-state index contributed by atoms with van der Waals surface area (Å²) in [5.41, 5.74) is 6.76. The van der Waals surface area contributed by atoms with E-state index in [0.29, 0.717) is 5.88 Å². The molecule has 74 valence electrons. The van der Waals surface area contributed by atoms with Gasteiger partial charge in [-0.15, -0.1) is 11.6 Å². The van der Waals surface area contributed by atoms with Crippen molar-refractivity contribution in [3.8, 4) is 0 Å². The van der Waals surface area contributed by atoms with Crippen molar-refractivity contribution in [2.75, 3.05) is 11.6 Å². The van der Waals surface area contributed by atoms with Gasteiger partial charge in [0, 0.05) is 11.6 Å². The normalized spacial score (nSPS) is 10.6. The van der Waals surface area contributed by atoms with Gasteiger partial charge in [0.2, 0.25) is 0 Å². The largest absolute Gasteiger partial charge is 0.478 e. The van der Waals surface area contributed by atoms with Crippen LogP contribution in [0.4, 0.5) is 5.69 Å². The Hall–Kier alpha value is -1.48. The number of nitrogens with two attached hydrogens (primary N) is 1. The number of alkyl halides is 1. The number of aromatic carboxylic acids is 1. The molecule has 0 saturated carbocycles. The lowest BCUT2D eigenvalue weighted by atomic mass is 10.1. The number of nitrogen functional groups attached to an aromatic ring is 1. The molecule has 14 heavy (non-hydrogen) atoms. The number of benzene rings is 1. The monoisotopic (exact) mass is 211 g/mol. The first-order chi connectivity index (χ1) is 6.65. The first-order valence-electron chi connectivity index (χ1n) is 4.00. The minimum absolute atomic E-state index is 0.119. The molecule has 1 aromatic rings. The second kappa shape index (κ2) is 4.67. The molecular formula is C10H10ClNO2. The van der Waals surface area contributed by atoms with E-state index >= 15 is 0 Å². The number of anilines is 1. The van der Waals surface area contributed by atoms with Gasteiger partial charge in [0.05, 0.1) is 5.56 Å². The number of halogens is 1. The molecule has 0 radical (unpaired) electrons. The van der Waals surface area contributed by atoms with Crippen molar-refractivity contribution in [1.82, 2.24) is 0 Å². The molecule has 0 heterocycles. The second-order valence-electron chi connectivity index (χ2n) is 2.71. The van der Waals surface area contributed by atoms with Gasteiger partial charge >= 0.3 is 5.97 Å². The van der Waals surface area contributed by atoms with E-state index in [9.17, 15) is 4.79 Å². The van der Waals surface area contributed by atoms with E-state index in [1.54, 1.807) is 24.3 Å². The molecular weight excluding hydrogens is 202 g/mol. The smallest absolute Gasteiger partial charge is 0.337 e. The van der Waals surface area contributed by atoms with E-state index in [4.69, 9.17) is 22.4 Å². The summed E-state index contributed by atoms with van der Waals surface area (Å²) in [6.07, 6.45) is 3.55. The molecule has 0 aromatic heterocycles. The average molecular weight is 212 g/mol. The zero-order valence-corrected chi connectivity index (χ0v) is 8.16. The number of hydrogen-bond donors (Lipinski definition) is 2. The van der Waals surface area contributed by atoms with Gasteiger partial charge in [-0.05, 0) is 17.7 Å². The molecule has 0 spiro atoms. The SMILES string of the molecule is Nc1cc(C=CCCl)ccc1C(=O)O. The summed E-state index contributed by atoms with van der Waals surface area (Å²) in [5.74, 6) is -0.601. The quantitative estimate of drug-likeness (QED) is 0.595. The molecule has 0 aliphatic heterocycles. The number of allylic oxidation sites excluding steroid dienone is 1. The van der Waals surface area contributed by atoms with Crippen LogP contribution in [0.5, 0.6) is 0 Å². The van der Waals surface area contributed by atoms with Crippen molar-refractivity contribution in [2.45, 2.75) is 0 Å². The molecule has 0 bridgehead atoms. The Morgan fingerprint density at radius 1 is 1.57 bits per heavy atom. The zero-order chi connectivity index (χ0) is 10.6. The van der Waals surface area contributed by atoms with Crippen LogP contribution in [-0.4, -0.2) is 17.0 Å². The Morgan fingerprint density at radius 2 is 2.29 bits per heavy atom. The highest BCUT2D eigenvalue weighted by Crippen LogP contribution is 2.15. The Balaban J connectivity index is 3.00. The molecule has 0 saturated heterocycles. The highest BCUT2D eigenvalue weighted by molar-refractivity contribution is 6.19. The summed E-state index contributed by atoms with van der Waals surface area (Å²) in [6.45, 7) is 0. The van der Waals surface area contributed by atoms with Crippen LogP contribution in [0.25, 0.3) is 6.08 Å². The van der Waals surface area contributed by atoms with Crippen molar-refractivity contribution in [3.05, 3.63) is 35.4 Å². The highest BCUT2D eigenvalue weighted by atomic mass is 35.5. The standard InChI is InChI=1S/C10H10ClNO2/c11-5-1-2-7-3-4-8(10(13)14)9(12)6-7/h1-4,6H,5,12H2,(H,13,14). The van der Waals surface area contributed by atoms with Crippen LogP contribution in [-0.2, 0) is 0 Å². The van der Waals surface area contributed by atoms with Gasteiger partial charge in [0.25, 0.3) is 0 Å². The first-order valence-corrected chi connectivity index (χ1v) is 4.54. The van der Waals surface area contributed by atoms with Crippen molar-refractivity contribution >= 4 is 29.3 Å². The van der Waals surface area contributed by atoms with Gasteiger partial charge in [-0.2, -0.15) is 0 Å². The number of carbonyl (C=O) groups is 1. The third kappa shape index (κ3) is 2.50. The van der Waals surface area contributed by atoms with Gasteiger partial charge in [0.15, 0.2) is 0 Å². The van der Waals surface area contributed by atoms with Crippen LogP contribution >= 0.6 is 11.6 Å². The third-order valence-electron chi connectivity index (χ3n) is 1.71. The average Bonchev–Trinajstić information content (AvgIpc) is 2.14. The fourth-order valence-electron chi connectivity index (χ4n) is 1.06. The van der Waals surface area contributed by atoms with Crippen LogP contribution < -0.4 is 5.73 Å². The van der Waals surface area contributed by atoms with E-state index in [2.05, 4.69) is 0 Å². The fraction of sp³-hybridized carbons (Fsp3) is 0.100. The van der Waals surface area contributed by atoms with Gasteiger partial charge in [-0.25, -0.2) is 4.79 Å². The molecule has 0 aliphatic rings.